The molecule has 3 heteroatoms. The minimum absolute atomic E-state index is 0.465. The van der Waals surface area contributed by atoms with Crippen molar-refractivity contribution in [2.24, 2.45) is 0 Å². The average Bonchev–Trinajstić information content (AvgIpc) is 2.34. The molecule has 0 amide bonds. The van der Waals surface area contributed by atoms with Gasteiger partial charge in [0.1, 0.15) is 5.75 Å². The second kappa shape index (κ2) is 5.40. The molecule has 1 unspecified atom stereocenters. The summed E-state index contributed by atoms with van der Waals surface area (Å²) in [5, 5.41) is 3.57. The molecule has 0 spiro atoms. The number of nitrogens with one attached hydrogen (secondary N) is 1. The summed E-state index contributed by atoms with van der Waals surface area (Å²) in [4.78, 5) is 0. The number of hydrogen-bond acceptors (Lipinski definition) is 2. The molecule has 2 rings (SSSR count). The zero-order chi connectivity index (χ0) is 12.4. The first-order valence-corrected chi connectivity index (χ1v) is 7.07. The molecule has 0 saturated carbocycles. The van der Waals surface area contributed by atoms with Crippen molar-refractivity contribution in [3.05, 3.63) is 27.2 Å². The Labute approximate surface area is 112 Å². The third kappa shape index (κ3) is 2.36. The van der Waals surface area contributed by atoms with Gasteiger partial charge in [-0.1, -0.05) is 22.9 Å². The van der Waals surface area contributed by atoms with Crippen LogP contribution in [0.25, 0.3) is 0 Å². The summed E-state index contributed by atoms with van der Waals surface area (Å²) in [6, 6.07) is 2.60. The van der Waals surface area contributed by atoms with Crippen molar-refractivity contribution in [1.82, 2.24) is 5.32 Å². The van der Waals surface area contributed by atoms with E-state index in [1.807, 2.05) is 0 Å². The summed E-state index contributed by atoms with van der Waals surface area (Å²) in [6.45, 7) is 5.30. The SMILES string of the molecule is CCNC1CCCc2c(OC)cc(C)c(Br)c21. The van der Waals surface area contributed by atoms with E-state index in [1.54, 1.807) is 7.11 Å². The van der Waals surface area contributed by atoms with Crippen molar-refractivity contribution in [2.75, 3.05) is 13.7 Å². The summed E-state index contributed by atoms with van der Waals surface area (Å²) >= 11 is 3.74. The Balaban J connectivity index is 2.54. The molecule has 1 aromatic rings. The van der Waals surface area contributed by atoms with Gasteiger partial charge in [-0.3, -0.25) is 0 Å². The summed E-state index contributed by atoms with van der Waals surface area (Å²) in [7, 11) is 1.76. The van der Waals surface area contributed by atoms with Crippen LogP contribution in [0.1, 0.15) is 42.5 Å². The first-order chi connectivity index (χ1) is 8.19. The maximum absolute atomic E-state index is 5.53. The van der Waals surface area contributed by atoms with Gasteiger partial charge in [0.15, 0.2) is 0 Å². The van der Waals surface area contributed by atoms with Gasteiger partial charge in [0, 0.05) is 16.1 Å². The lowest BCUT2D eigenvalue weighted by Gasteiger charge is -2.29. The van der Waals surface area contributed by atoms with Gasteiger partial charge < -0.3 is 10.1 Å². The molecular formula is C14H20BrNO. The Morgan fingerprint density at radius 2 is 2.29 bits per heavy atom. The van der Waals surface area contributed by atoms with Crippen molar-refractivity contribution in [1.29, 1.82) is 0 Å². The van der Waals surface area contributed by atoms with Crippen molar-refractivity contribution in [2.45, 2.75) is 39.2 Å². The first-order valence-electron chi connectivity index (χ1n) is 6.28. The number of fused-ring (bicyclic) bond motifs is 1. The fourth-order valence-electron chi connectivity index (χ4n) is 2.71. The molecule has 2 nitrogen and oxygen atoms in total. The first kappa shape index (κ1) is 12.9. The molecule has 1 atom stereocenters. The van der Waals surface area contributed by atoms with Crippen molar-refractivity contribution in [3.63, 3.8) is 0 Å². The van der Waals surface area contributed by atoms with Crippen LogP contribution in [-0.2, 0) is 6.42 Å². The quantitative estimate of drug-likeness (QED) is 0.917. The highest BCUT2D eigenvalue weighted by atomic mass is 79.9. The number of ether oxygens (including phenoxy) is 1. The minimum atomic E-state index is 0.465. The normalized spacial score (nSPS) is 18.9. The Bertz CT molecular complexity index is 417. The molecule has 94 valence electrons. The smallest absolute Gasteiger partial charge is 0.122 e. The highest BCUT2D eigenvalue weighted by Gasteiger charge is 2.25. The Hall–Kier alpha value is -0.540. The molecule has 0 fully saturated rings. The third-order valence-corrected chi connectivity index (χ3v) is 4.54. The maximum atomic E-state index is 5.53. The van der Waals surface area contributed by atoms with E-state index in [4.69, 9.17) is 4.74 Å². The number of hydrogen-bond donors (Lipinski definition) is 1. The largest absolute Gasteiger partial charge is 0.496 e. The number of benzene rings is 1. The van der Waals surface area contributed by atoms with Gasteiger partial charge in [-0.15, -0.1) is 0 Å². The average molecular weight is 298 g/mol. The molecule has 0 aliphatic heterocycles. The van der Waals surface area contributed by atoms with Crippen LogP contribution in [0.5, 0.6) is 5.75 Å². The van der Waals surface area contributed by atoms with Crippen molar-refractivity contribution < 1.29 is 4.74 Å². The zero-order valence-corrected chi connectivity index (χ0v) is 12.4. The molecule has 1 aliphatic carbocycles. The second-order valence-corrected chi connectivity index (χ2v) is 5.40. The van der Waals surface area contributed by atoms with E-state index in [9.17, 15) is 0 Å². The predicted octanol–water partition coefficient (Wildman–Crippen LogP) is 3.75. The van der Waals surface area contributed by atoms with Crippen molar-refractivity contribution >= 4 is 15.9 Å². The van der Waals surface area contributed by atoms with Crippen LogP contribution in [0.3, 0.4) is 0 Å². The van der Waals surface area contributed by atoms with E-state index in [0.29, 0.717) is 6.04 Å². The van der Waals surface area contributed by atoms with Crippen LogP contribution in [0.2, 0.25) is 0 Å². The lowest BCUT2D eigenvalue weighted by atomic mass is 9.86. The Morgan fingerprint density at radius 3 is 2.94 bits per heavy atom. The zero-order valence-electron chi connectivity index (χ0n) is 10.8. The number of aryl methyl sites for hydroxylation is 1. The molecular weight excluding hydrogens is 278 g/mol. The van der Waals surface area contributed by atoms with Gasteiger partial charge >= 0.3 is 0 Å². The molecule has 0 heterocycles. The number of halogens is 1. The van der Waals surface area contributed by atoms with E-state index in [2.05, 4.69) is 41.2 Å². The van der Waals surface area contributed by atoms with Gasteiger partial charge in [-0.05, 0) is 49.9 Å². The summed E-state index contributed by atoms with van der Waals surface area (Å²) < 4.78 is 6.78. The van der Waals surface area contributed by atoms with E-state index >= 15 is 0 Å². The Morgan fingerprint density at radius 1 is 1.53 bits per heavy atom. The number of methoxy groups -OCH3 is 1. The summed E-state index contributed by atoms with van der Waals surface area (Å²) in [6.07, 6.45) is 3.57. The molecule has 1 aliphatic rings. The van der Waals surface area contributed by atoms with Crippen LogP contribution in [-0.4, -0.2) is 13.7 Å². The van der Waals surface area contributed by atoms with Crippen LogP contribution in [0.4, 0.5) is 0 Å². The van der Waals surface area contributed by atoms with Crippen LogP contribution in [0, 0.1) is 6.92 Å². The van der Waals surface area contributed by atoms with Gasteiger partial charge in [-0.25, -0.2) is 0 Å². The molecule has 0 aromatic heterocycles. The van der Waals surface area contributed by atoms with Crippen molar-refractivity contribution in [3.8, 4) is 5.75 Å². The standard InChI is InChI=1S/C14H20BrNO/c1-4-16-11-7-5-6-10-12(17-3)8-9(2)14(15)13(10)11/h8,11,16H,4-7H2,1-3H3. The minimum Gasteiger partial charge on any atom is -0.496 e. The van der Waals surface area contributed by atoms with Gasteiger partial charge in [-0.2, -0.15) is 0 Å². The molecule has 0 bridgehead atoms. The van der Waals surface area contributed by atoms with Gasteiger partial charge in [0.05, 0.1) is 7.11 Å². The van der Waals surface area contributed by atoms with E-state index in [-0.39, 0.29) is 0 Å². The summed E-state index contributed by atoms with van der Waals surface area (Å²) in [5.74, 6) is 1.04. The van der Waals surface area contributed by atoms with Gasteiger partial charge in [0.25, 0.3) is 0 Å². The predicted molar refractivity (Wildman–Crippen MR) is 74.8 cm³/mol. The molecule has 17 heavy (non-hydrogen) atoms. The van der Waals surface area contributed by atoms with E-state index < -0.39 is 0 Å². The maximum Gasteiger partial charge on any atom is 0.122 e. The highest BCUT2D eigenvalue weighted by Crippen LogP contribution is 2.41. The monoisotopic (exact) mass is 297 g/mol. The van der Waals surface area contributed by atoms with E-state index in [1.165, 1.54) is 34.0 Å². The molecule has 1 aromatic carbocycles. The fraction of sp³-hybridized carbons (Fsp3) is 0.571. The molecule has 0 radical (unpaired) electrons. The second-order valence-electron chi connectivity index (χ2n) is 4.60. The third-order valence-electron chi connectivity index (χ3n) is 3.49. The van der Waals surface area contributed by atoms with Crippen LogP contribution in [0.15, 0.2) is 10.5 Å². The molecule has 0 saturated heterocycles. The van der Waals surface area contributed by atoms with E-state index in [0.717, 1.165) is 18.7 Å². The lowest BCUT2D eigenvalue weighted by molar-refractivity contribution is 0.396. The van der Waals surface area contributed by atoms with Crippen LogP contribution >= 0.6 is 15.9 Å². The fourth-order valence-corrected chi connectivity index (χ4v) is 3.34. The highest BCUT2D eigenvalue weighted by molar-refractivity contribution is 9.10. The topological polar surface area (TPSA) is 21.3 Å². The molecule has 1 N–H and O–H groups in total. The lowest BCUT2D eigenvalue weighted by Crippen LogP contribution is -2.26. The van der Waals surface area contributed by atoms with Gasteiger partial charge in [0.2, 0.25) is 0 Å². The Kier molecular flexibility index (Phi) is 4.10. The number of rotatable bonds is 3. The van der Waals surface area contributed by atoms with Crippen LogP contribution < -0.4 is 10.1 Å². The summed E-state index contributed by atoms with van der Waals surface area (Å²) in [5.41, 5.74) is 4.04.